The van der Waals surface area contributed by atoms with Crippen molar-refractivity contribution >= 4 is 22.9 Å². The molecule has 0 aromatic heterocycles. The molecule has 0 fully saturated rings. The third-order valence-electron chi connectivity index (χ3n) is 2.05. The van der Waals surface area contributed by atoms with Gasteiger partial charge < -0.3 is 9.47 Å². The average molecular weight is 208 g/mol. The van der Waals surface area contributed by atoms with Crippen molar-refractivity contribution in [3.05, 3.63) is 0 Å². The first kappa shape index (κ1) is 12.5. The number of rotatable bonds is 5. The Labute approximate surface area is 83.8 Å². The van der Waals surface area contributed by atoms with Crippen LogP contribution in [0.25, 0.3) is 0 Å². The third-order valence-corrected chi connectivity index (χ3v) is 4.21. The van der Waals surface area contributed by atoms with Gasteiger partial charge in [0.05, 0.1) is 15.8 Å². The molecule has 0 saturated heterocycles. The Morgan fingerprint density at radius 2 is 1.58 bits per heavy atom. The molecular weight excluding hydrogens is 188 g/mol. The Kier molecular flexibility index (Phi) is 4.84. The summed E-state index contributed by atoms with van der Waals surface area (Å²) in [5.41, 5.74) is -0.299. The molecule has 4 heteroatoms. The zero-order valence-electron chi connectivity index (χ0n) is 8.68. The van der Waals surface area contributed by atoms with Gasteiger partial charge in [-0.15, -0.1) is 12.6 Å². The highest BCUT2D eigenvalue weighted by molar-refractivity contribution is 7.83. The van der Waals surface area contributed by atoms with Crippen LogP contribution >= 0.6 is 12.6 Å². The van der Waals surface area contributed by atoms with E-state index in [1.165, 1.54) is 0 Å². The van der Waals surface area contributed by atoms with Crippen LogP contribution in [0.1, 0.15) is 27.7 Å². The van der Waals surface area contributed by atoms with Crippen molar-refractivity contribution in [1.29, 1.82) is 0 Å². The van der Waals surface area contributed by atoms with Crippen LogP contribution in [-0.2, 0) is 9.47 Å². The fourth-order valence-electron chi connectivity index (χ4n) is 0.950. The Balaban J connectivity index is 4.28. The molecule has 0 aliphatic heterocycles. The Morgan fingerprint density at radius 3 is 1.92 bits per heavy atom. The number of hydrogen-bond donors (Lipinski definition) is 1. The van der Waals surface area contributed by atoms with Gasteiger partial charge in [-0.3, -0.25) is 0 Å². The van der Waals surface area contributed by atoms with Crippen LogP contribution in [0, 0.1) is 0 Å². The number of thiol groups is 1. The summed E-state index contributed by atoms with van der Waals surface area (Å²) in [6.07, 6.45) is 0. The van der Waals surface area contributed by atoms with E-state index >= 15 is 0 Å². The minimum Gasteiger partial charge on any atom is -0.372 e. The van der Waals surface area contributed by atoms with Gasteiger partial charge in [0.2, 0.25) is 0 Å². The van der Waals surface area contributed by atoms with E-state index in [4.69, 9.17) is 9.47 Å². The smallest absolute Gasteiger partial charge is 0.116 e. The summed E-state index contributed by atoms with van der Waals surface area (Å²) < 4.78 is 10.7. The highest BCUT2D eigenvalue weighted by atomic mass is 32.1. The van der Waals surface area contributed by atoms with Gasteiger partial charge in [0.15, 0.2) is 0 Å². The van der Waals surface area contributed by atoms with Crippen molar-refractivity contribution in [2.45, 2.75) is 37.9 Å². The topological polar surface area (TPSA) is 18.5 Å². The summed E-state index contributed by atoms with van der Waals surface area (Å²) in [4.78, 5) is 0. The molecule has 0 radical (unpaired) electrons. The van der Waals surface area contributed by atoms with Crippen molar-refractivity contribution in [1.82, 2.24) is 0 Å². The first-order chi connectivity index (χ1) is 5.37. The second-order valence-corrected chi connectivity index (χ2v) is 6.46. The fraction of sp³-hybridized carbons (Fsp3) is 1.00. The lowest BCUT2D eigenvalue weighted by molar-refractivity contribution is -0.103. The molecule has 0 heterocycles. The monoisotopic (exact) mass is 208 g/mol. The van der Waals surface area contributed by atoms with Crippen molar-refractivity contribution in [3.63, 3.8) is 0 Å². The number of ether oxygens (including phenoxy) is 2. The highest BCUT2D eigenvalue weighted by Gasteiger charge is 2.39. The van der Waals surface area contributed by atoms with E-state index in [2.05, 4.69) is 12.6 Å². The van der Waals surface area contributed by atoms with E-state index in [0.717, 1.165) is 10.2 Å². The van der Waals surface area contributed by atoms with E-state index in [1.807, 2.05) is 27.7 Å². The molecule has 2 nitrogen and oxygen atoms in total. The lowest BCUT2D eigenvalue weighted by atomic mass is 10.1. The number of hydrogen-bond acceptors (Lipinski definition) is 3. The zero-order valence-corrected chi connectivity index (χ0v) is 11.6. The van der Waals surface area contributed by atoms with Crippen LogP contribution in [0.3, 0.4) is 0 Å². The summed E-state index contributed by atoms with van der Waals surface area (Å²) in [6, 6.07) is 0. The predicted molar refractivity (Wildman–Crippen MR) is 59.0 cm³/mol. The largest absolute Gasteiger partial charge is 0.372 e. The van der Waals surface area contributed by atoms with Gasteiger partial charge in [-0.25, -0.2) is 0 Å². The maximum absolute atomic E-state index is 5.58. The Hall–Kier alpha value is 0.487. The summed E-state index contributed by atoms with van der Waals surface area (Å²) in [6.45, 7) is 9.39. The second kappa shape index (κ2) is 4.65. The highest BCUT2D eigenvalue weighted by Crippen LogP contribution is 2.30. The van der Waals surface area contributed by atoms with Gasteiger partial charge in [-0.2, -0.15) is 0 Å². The molecule has 0 bridgehead atoms. The van der Waals surface area contributed by atoms with Gasteiger partial charge in [-0.1, -0.05) is 0 Å². The van der Waals surface area contributed by atoms with Gasteiger partial charge in [0.1, 0.15) is 4.56 Å². The summed E-state index contributed by atoms with van der Waals surface area (Å²) in [7, 11) is 0.847. The first-order valence-electron chi connectivity index (χ1n) is 4.37. The molecule has 0 rings (SSSR count). The van der Waals surface area contributed by atoms with E-state index in [-0.39, 0.29) is 5.60 Å². The second-order valence-electron chi connectivity index (χ2n) is 3.36. The summed E-state index contributed by atoms with van der Waals surface area (Å²) >= 11 is 4.50. The lowest BCUT2D eigenvalue weighted by Gasteiger charge is -2.39. The third kappa shape index (κ3) is 3.09. The van der Waals surface area contributed by atoms with E-state index in [1.54, 1.807) is 0 Å². The average Bonchev–Trinajstić information content (AvgIpc) is 1.86. The normalized spacial score (nSPS) is 17.8. The van der Waals surface area contributed by atoms with Crippen molar-refractivity contribution in [2.24, 2.45) is 0 Å². The van der Waals surface area contributed by atoms with Crippen LogP contribution in [0.2, 0.25) is 0 Å². The summed E-state index contributed by atoms with van der Waals surface area (Å²) in [5, 5.41) is 0. The van der Waals surface area contributed by atoms with Gasteiger partial charge in [0.25, 0.3) is 0 Å². The molecule has 74 valence electrons. The molecule has 1 unspecified atom stereocenters. The van der Waals surface area contributed by atoms with Crippen LogP contribution in [0.4, 0.5) is 0 Å². The standard InChI is InChI=1S/C8H20O2SSi/c1-5-9-7(3,4)8(11,12)10-6-2/h11H,5-6H2,1-4,12H3. The van der Waals surface area contributed by atoms with Gasteiger partial charge in [-0.05, 0) is 27.7 Å². The molecule has 0 aromatic rings. The quantitative estimate of drug-likeness (QED) is 0.409. The molecule has 0 amide bonds. The Bertz CT molecular complexity index is 121. The molecule has 0 aromatic carbocycles. The molecule has 1 atom stereocenters. The first-order valence-corrected chi connectivity index (χ1v) is 5.82. The van der Waals surface area contributed by atoms with E-state index < -0.39 is 4.56 Å². The minimum absolute atomic E-state index is 0.299. The molecule has 0 aliphatic carbocycles. The van der Waals surface area contributed by atoms with Crippen LogP contribution in [0.15, 0.2) is 0 Å². The van der Waals surface area contributed by atoms with Gasteiger partial charge >= 0.3 is 0 Å². The molecule has 0 N–H and O–H groups in total. The fourth-order valence-corrected chi connectivity index (χ4v) is 1.58. The molecule has 0 saturated carbocycles. The Morgan fingerprint density at radius 1 is 1.17 bits per heavy atom. The molecule has 0 spiro atoms. The van der Waals surface area contributed by atoms with Crippen LogP contribution in [0.5, 0.6) is 0 Å². The SMILES string of the molecule is CCOC(C)(C)C([SiH3])(S)OCC. The zero-order chi connectivity index (χ0) is 9.83. The van der Waals surface area contributed by atoms with Crippen LogP contribution in [-0.4, -0.2) is 33.6 Å². The van der Waals surface area contributed by atoms with E-state index in [9.17, 15) is 0 Å². The molecular formula is C8H20O2SSi. The van der Waals surface area contributed by atoms with Crippen molar-refractivity contribution < 1.29 is 9.47 Å². The predicted octanol–water partition coefficient (Wildman–Crippen LogP) is 0.787. The van der Waals surface area contributed by atoms with Crippen molar-refractivity contribution in [3.8, 4) is 0 Å². The van der Waals surface area contributed by atoms with Crippen LogP contribution < -0.4 is 0 Å². The maximum Gasteiger partial charge on any atom is 0.116 e. The summed E-state index contributed by atoms with van der Waals surface area (Å²) in [5.74, 6) is 0. The minimum atomic E-state index is -0.391. The molecule has 12 heavy (non-hydrogen) atoms. The van der Waals surface area contributed by atoms with Crippen molar-refractivity contribution in [2.75, 3.05) is 13.2 Å². The molecule has 0 aliphatic rings. The van der Waals surface area contributed by atoms with E-state index in [0.29, 0.717) is 13.2 Å². The lowest BCUT2D eigenvalue weighted by Crippen LogP contribution is -2.50. The maximum atomic E-state index is 5.58. The van der Waals surface area contributed by atoms with Gasteiger partial charge in [0, 0.05) is 13.2 Å².